The lowest BCUT2D eigenvalue weighted by Crippen LogP contribution is -2.52. The molecule has 38 heteroatoms. The highest BCUT2D eigenvalue weighted by Gasteiger charge is 2.26. The maximum absolute atomic E-state index is 11.4. The second kappa shape index (κ2) is 39.9. The number of nitrogens with one attached hydrogen (secondary N) is 6. The summed E-state index contributed by atoms with van der Waals surface area (Å²) in [7, 11) is -2.06. The van der Waals surface area contributed by atoms with Gasteiger partial charge in [-0.1, -0.05) is 29.3 Å². The largest absolute Gasteiger partial charge is 0.481 e. The van der Waals surface area contributed by atoms with Gasteiger partial charge in [0.1, 0.15) is 18.1 Å². The summed E-state index contributed by atoms with van der Waals surface area (Å²) >= 11 is 6.82. The van der Waals surface area contributed by atoms with Gasteiger partial charge in [-0.3, -0.25) is 57.5 Å². The maximum Gasteiger partial charge on any atom is 0.321 e. The fourth-order valence-electron chi connectivity index (χ4n) is 3.06. The number of hydrogen-bond acceptors (Lipinski definition) is 23. The Morgan fingerprint density at radius 1 is 0.478 bits per heavy atom. The molecule has 6 unspecified atom stereocenters. The minimum atomic E-state index is -3.62. The molecule has 0 aliphatic heterocycles. The van der Waals surface area contributed by atoms with Gasteiger partial charge < -0.3 is 90.0 Å². The summed E-state index contributed by atoms with van der Waals surface area (Å²) in [5, 5.41) is 58.7. The van der Waals surface area contributed by atoms with Crippen molar-refractivity contribution in [3.05, 3.63) is 0 Å². The lowest BCUT2D eigenvalue weighted by atomic mass is 10.1. The van der Waals surface area contributed by atoms with E-state index in [0.717, 1.165) is 19.6 Å². The molecule has 0 fully saturated rings. The fourth-order valence-corrected chi connectivity index (χ4v) is 5.29. The van der Waals surface area contributed by atoms with Gasteiger partial charge in [-0.05, 0) is 6.42 Å². The van der Waals surface area contributed by atoms with Crippen molar-refractivity contribution in [3.63, 3.8) is 0 Å². The molecule has 0 aromatic heterocycles. The van der Waals surface area contributed by atoms with E-state index < -0.39 is 134 Å². The molecule has 6 atom stereocenters. The minimum Gasteiger partial charge on any atom is -0.481 e. The van der Waals surface area contributed by atoms with Gasteiger partial charge in [0.25, 0.3) is 0 Å². The maximum atomic E-state index is 11.4. The Labute approximate surface area is 405 Å². The molecule has 0 aliphatic rings. The summed E-state index contributed by atoms with van der Waals surface area (Å²) in [5.41, 5.74) is 25.6. The van der Waals surface area contributed by atoms with E-state index in [1.165, 1.54) is 21.1 Å². The number of rotatable bonds is 22. The third-order valence-electron chi connectivity index (χ3n) is 6.87. The van der Waals surface area contributed by atoms with Crippen LogP contribution < -0.4 is 59.4 Å². The molecule has 0 heterocycles. The van der Waals surface area contributed by atoms with E-state index in [0.29, 0.717) is 3.71 Å². The number of hydrogen-bond donors (Lipinski definition) is 19. The fraction of sp³-hybridized carbons (Fsp3) is 0.613. The average Bonchev–Trinajstić information content (AvgIpc) is 3.23. The number of carbonyl (C=O) groups excluding carboxylic acids is 6. The normalized spacial score (nSPS) is 12.7. The van der Waals surface area contributed by atoms with Crippen LogP contribution in [0.1, 0.15) is 44.9 Å². The first kappa shape index (κ1) is 74.5. The highest BCUT2D eigenvalue weighted by atomic mass is 32.3. The number of nitrogens with two attached hydrogens (primary N) is 5. The van der Waals surface area contributed by atoms with Crippen LogP contribution in [0.2, 0.25) is 0 Å². The van der Waals surface area contributed by atoms with Crippen molar-refractivity contribution < 1.29 is 105 Å². The zero-order chi connectivity index (χ0) is 56.2. The molecular formula is C31H62N12O22S4. The summed E-state index contributed by atoms with van der Waals surface area (Å²) in [5.74, 6) is -10.3. The van der Waals surface area contributed by atoms with E-state index in [1.807, 2.05) is 9.44 Å². The molecule has 402 valence electrons. The van der Waals surface area contributed by atoms with Crippen LogP contribution in [0.15, 0.2) is 0 Å². The molecular weight excluding hydrogens is 1020 g/mol. The molecule has 0 aromatic carbocycles. The molecule has 0 spiro atoms. The average molecular weight is 1080 g/mol. The van der Waals surface area contributed by atoms with Crippen molar-refractivity contribution in [1.82, 2.24) is 34.4 Å². The molecule has 6 amide bonds. The van der Waals surface area contributed by atoms with Gasteiger partial charge in [0.2, 0.25) is 55.5 Å². The summed E-state index contributed by atoms with van der Waals surface area (Å²) in [6.07, 6.45) is -0.212. The predicted molar refractivity (Wildman–Crippen MR) is 244 cm³/mol. The second-order valence-electron chi connectivity index (χ2n) is 12.7. The van der Waals surface area contributed by atoms with Crippen LogP contribution in [0, 0.1) is 0 Å². The van der Waals surface area contributed by atoms with Gasteiger partial charge in [-0.25, -0.2) is 16.8 Å². The van der Waals surface area contributed by atoms with Crippen LogP contribution in [0.5, 0.6) is 0 Å². The topological polar surface area (TPSA) is 600 Å². The van der Waals surface area contributed by atoms with Gasteiger partial charge in [0.05, 0.1) is 62.7 Å². The summed E-state index contributed by atoms with van der Waals surface area (Å²) in [6.45, 7) is 0. The molecule has 69 heavy (non-hydrogen) atoms. The third-order valence-corrected chi connectivity index (χ3v) is 10.8. The highest BCUT2D eigenvalue weighted by molar-refractivity contribution is 8.03. The number of carboxylic acids is 6. The van der Waals surface area contributed by atoms with Crippen LogP contribution in [-0.2, 0) is 77.6 Å². The number of carbonyl (C=O) groups is 12. The Morgan fingerprint density at radius 2 is 0.826 bits per heavy atom. The van der Waals surface area contributed by atoms with Crippen molar-refractivity contribution in [2.24, 2.45) is 28.7 Å². The van der Waals surface area contributed by atoms with E-state index in [-0.39, 0.29) is 38.0 Å². The second-order valence-corrected chi connectivity index (χ2v) is 17.4. The van der Waals surface area contributed by atoms with Crippen molar-refractivity contribution in [1.29, 1.82) is 0 Å². The van der Waals surface area contributed by atoms with Crippen molar-refractivity contribution in [3.8, 4) is 0 Å². The zero-order valence-electron chi connectivity index (χ0n) is 37.7. The van der Waals surface area contributed by atoms with Crippen molar-refractivity contribution >= 4 is 117 Å². The zero-order valence-corrected chi connectivity index (χ0v) is 41.1. The van der Waals surface area contributed by atoms with Crippen molar-refractivity contribution in [2.45, 2.75) is 81.2 Å². The molecule has 0 aromatic rings. The van der Waals surface area contributed by atoms with Gasteiger partial charge in [-0.2, -0.15) is 0 Å². The lowest BCUT2D eigenvalue weighted by molar-refractivity contribution is -0.142. The van der Waals surface area contributed by atoms with E-state index in [4.69, 9.17) is 59.3 Å². The quantitative estimate of drug-likeness (QED) is 0.0448. The Balaban J connectivity index is -0.000000176. The summed E-state index contributed by atoms with van der Waals surface area (Å²) < 4.78 is 46.3. The van der Waals surface area contributed by atoms with Crippen LogP contribution >= 0.6 is 25.6 Å². The lowest BCUT2D eigenvalue weighted by Gasteiger charge is -2.17. The number of nitrogens with zero attached hydrogens (tertiary/aromatic N) is 1. The van der Waals surface area contributed by atoms with Crippen molar-refractivity contribution in [2.75, 3.05) is 40.7 Å². The first-order chi connectivity index (χ1) is 31.2. The van der Waals surface area contributed by atoms with Gasteiger partial charge in [0.15, 0.2) is 0 Å². The highest BCUT2D eigenvalue weighted by Crippen LogP contribution is 1.99. The van der Waals surface area contributed by atoms with E-state index >= 15 is 0 Å². The van der Waals surface area contributed by atoms with Gasteiger partial charge in [0, 0.05) is 34.6 Å². The SMILES string of the molecule is CN(S(C)(=O)=O)S(C)(=O)=O.CNC(=O)C(CC(=O)O)NC(=O)C(N)CC(=O)O.CNC(=O)C(N)CC(=O)O.CNC(=O)CCC(N)C(=O)O.NC(CC(=O)NS)C(=O)O.NC(CC(=O)O)C(=O)NS. The first-order valence-electron chi connectivity index (χ1n) is 18.3. The van der Waals surface area contributed by atoms with E-state index in [2.05, 4.69) is 46.9 Å². The molecule has 0 saturated carbocycles. The Kier molecular flexibility index (Phi) is 43.1. The predicted octanol–water partition coefficient (Wildman–Crippen LogP) is -8.71. The number of aliphatic carboxylic acids is 6. The smallest absolute Gasteiger partial charge is 0.321 e. The van der Waals surface area contributed by atoms with E-state index in [9.17, 15) is 74.4 Å². The number of likely N-dealkylation sites (N-methyl/N-ethyl adjacent to an activating group) is 2. The molecule has 0 aliphatic carbocycles. The summed E-state index contributed by atoms with van der Waals surface area (Å²) in [4.78, 5) is 126. The molecule has 0 saturated heterocycles. The molecule has 0 radical (unpaired) electrons. The van der Waals surface area contributed by atoms with Crippen LogP contribution in [0.4, 0.5) is 0 Å². The number of sulfonamides is 2. The van der Waals surface area contributed by atoms with Crippen LogP contribution in [0.25, 0.3) is 0 Å². The monoisotopic (exact) mass is 1080 g/mol. The Bertz CT molecular complexity index is 1880. The molecule has 34 nitrogen and oxygen atoms in total. The number of carboxylic acid groups (broad SMARTS) is 6. The van der Waals surface area contributed by atoms with E-state index in [1.54, 1.807) is 0 Å². The minimum absolute atomic E-state index is 0.157. The number of thiol groups is 2. The summed E-state index contributed by atoms with van der Waals surface area (Å²) in [6, 6.07) is -6.68. The van der Waals surface area contributed by atoms with Gasteiger partial charge in [-0.15, -0.1) is 0 Å². The standard InChI is InChI=1S/C9H15N3O6.C6H12N2O3.C5H10N2O3.2C4H8N2O3S.C3H9NO4S2/c1-11-9(18)5(3-7(15)16)12-8(17)4(10)2-6(13)14;1-8-5(9)3-2-4(7)6(10)11;1-7-5(10)3(6)2-4(8)9;5-2(1-3(7)8)4(9)6-10;5-2(4(8)9)1-3(7)6-10;1-4(9(2,5)6)10(3,7)8/h4-5H,2-3,10H2,1H3,(H,11,18)(H,12,17)(H,13,14)(H,15,16);4H,2-3,7H2,1H3,(H,8,9)(H,10,11);3H,2,6H2,1H3,(H,7,10)(H,8,9);2,10H,1,5H2,(H,6,9)(H,7,8);2,10H,1,5H2,(H,6,7)(H,8,9);1-3H3. The van der Waals surface area contributed by atoms with Crippen LogP contribution in [0.3, 0.4) is 0 Å². The van der Waals surface area contributed by atoms with Crippen LogP contribution in [-0.4, -0.2) is 199 Å². The molecule has 0 rings (SSSR count). The van der Waals surface area contributed by atoms with Gasteiger partial charge >= 0.3 is 35.8 Å². The Morgan fingerprint density at radius 3 is 1.09 bits per heavy atom. The Hall–Kier alpha value is -6.00. The molecule has 22 N–H and O–H groups in total. The first-order valence-corrected chi connectivity index (χ1v) is 22.9. The number of amides is 6. The molecule has 0 bridgehead atoms. The third kappa shape index (κ3) is 46.9.